The number of nitro groups is 1. The van der Waals surface area contributed by atoms with E-state index in [1.807, 2.05) is 0 Å². The van der Waals surface area contributed by atoms with Crippen LogP contribution in [0.1, 0.15) is 0 Å². The highest BCUT2D eigenvalue weighted by Crippen LogP contribution is 2.16. The van der Waals surface area contributed by atoms with E-state index in [1.165, 1.54) is 0 Å². The van der Waals surface area contributed by atoms with Crippen LogP contribution in [0.4, 0.5) is 4.39 Å². The molecule has 2 unspecified atom stereocenters. The summed E-state index contributed by atoms with van der Waals surface area (Å²) in [5.74, 6) is -1.30. The normalized spacial score (nSPS) is 26.7. The molecule has 0 aliphatic heterocycles. The third-order valence-electron chi connectivity index (χ3n) is 1.63. The van der Waals surface area contributed by atoms with Gasteiger partial charge in [0.15, 0.2) is 6.17 Å². The third-order valence-corrected chi connectivity index (χ3v) is 1.63. The number of hydrogen-bond acceptors (Lipinski definition) is 3. The van der Waals surface area contributed by atoms with Crippen molar-refractivity contribution in [2.24, 2.45) is 0 Å². The SMILES string of the molecule is O=C(O)C1=CC([N+](=O)[O-])C(F)C=C1. The maximum Gasteiger partial charge on any atom is 0.335 e. The van der Waals surface area contributed by atoms with Crippen molar-refractivity contribution in [3.63, 3.8) is 0 Å². The Morgan fingerprint density at radius 3 is 2.77 bits per heavy atom. The summed E-state index contributed by atoms with van der Waals surface area (Å²) in [6.45, 7) is 0. The second-order valence-corrected chi connectivity index (χ2v) is 2.51. The van der Waals surface area contributed by atoms with Gasteiger partial charge in [0.1, 0.15) is 0 Å². The number of rotatable bonds is 2. The van der Waals surface area contributed by atoms with Crippen LogP contribution in [0.3, 0.4) is 0 Å². The van der Waals surface area contributed by atoms with Crippen LogP contribution in [-0.2, 0) is 4.79 Å². The number of nitrogens with zero attached hydrogens (tertiary/aromatic N) is 1. The number of aliphatic carboxylic acids is 1. The lowest BCUT2D eigenvalue weighted by atomic mass is 10.0. The molecule has 13 heavy (non-hydrogen) atoms. The molecular formula is C7H6FNO4. The number of alkyl halides is 1. The summed E-state index contributed by atoms with van der Waals surface area (Å²) >= 11 is 0. The van der Waals surface area contributed by atoms with Gasteiger partial charge in [-0.25, -0.2) is 9.18 Å². The third kappa shape index (κ3) is 1.90. The molecule has 0 saturated carbocycles. The number of halogens is 1. The molecular weight excluding hydrogens is 181 g/mol. The van der Waals surface area contributed by atoms with Gasteiger partial charge in [0.2, 0.25) is 0 Å². The standard InChI is InChI=1S/C7H6FNO4/c8-5-2-1-4(7(10)11)3-6(5)9(12)13/h1-3,5-6H,(H,10,11). The van der Waals surface area contributed by atoms with Gasteiger partial charge in [-0.15, -0.1) is 0 Å². The first-order chi connectivity index (χ1) is 6.02. The molecule has 0 bridgehead atoms. The van der Waals surface area contributed by atoms with Crippen LogP contribution >= 0.6 is 0 Å². The minimum absolute atomic E-state index is 0.254. The predicted octanol–water partition coefficient (Wildman–Crippen LogP) is 0.551. The Hall–Kier alpha value is -1.72. The summed E-state index contributed by atoms with van der Waals surface area (Å²) in [5.41, 5.74) is -0.254. The summed E-state index contributed by atoms with van der Waals surface area (Å²) in [7, 11) is 0. The molecule has 0 fully saturated rings. The lowest BCUT2D eigenvalue weighted by Gasteiger charge is -2.11. The highest BCUT2D eigenvalue weighted by Gasteiger charge is 2.31. The van der Waals surface area contributed by atoms with Gasteiger partial charge in [-0.05, 0) is 12.2 Å². The van der Waals surface area contributed by atoms with Crippen molar-refractivity contribution in [2.45, 2.75) is 12.2 Å². The van der Waals surface area contributed by atoms with Crippen LogP contribution in [-0.4, -0.2) is 28.2 Å². The van der Waals surface area contributed by atoms with Gasteiger partial charge in [-0.3, -0.25) is 10.1 Å². The lowest BCUT2D eigenvalue weighted by molar-refractivity contribution is -0.515. The number of carbonyl (C=O) groups is 1. The Morgan fingerprint density at radius 2 is 2.31 bits per heavy atom. The molecule has 5 nitrogen and oxygen atoms in total. The van der Waals surface area contributed by atoms with Crippen LogP contribution in [0.2, 0.25) is 0 Å². The van der Waals surface area contributed by atoms with Gasteiger partial charge in [0.05, 0.1) is 5.57 Å². The van der Waals surface area contributed by atoms with Crippen molar-refractivity contribution >= 4 is 5.97 Å². The zero-order chi connectivity index (χ0) is 10.0. The molecule has 70 valence electrons. The van der Waals surface area contributed by atoms with E-state index >= 15 is 0 Å². The summed E-state index contributed by atoms with van der Waals surface area (Å²) in [5, 5.41) is 18.7. The van der Waals surface area contributed by atoms with Crippen molar-refractivity contribution in [1.29, 1.82) is 0 Å². The molecule has 1 N–H and O–H groups in total. The average molecular weight is 187 g/mol. The Morgan fingerprint density at radius 1 is 1.69 bits per heavy atom. The van der Waals surface area contributed by atoms with E-state index in [4.69, 9.17) is 5.11 Å². The van der Waals surface area contributed by atoms with Crippen LogP contribution in [0.15, 0.2) is 23.8 Å². The molecule has 1 aliphatic rings. The maximum atomic E-state index is 12.8. The average Bonchev–Trinajstić information content (AvgIpc) is 2.04. The zero-order valence-electron chi connectivity index (χ0n) is 6.38. The number of carboxylic acid groups (broad SMARTS) is 1. The van der Waals surface area contributed by atoms with Gasteiger partial charge < -0.3 is 5.11 Å². The van der Waals surface area contributed by atoms with Gasteiger partial charge in [0, 0.05) is 11.0 Å². The predicted molar refractivity (Wildman–Crippen MR) is 40.5 cm³/mol. The smallest absolute Gasteiger partial charge is 0.335 e. The molecule has 2 atom stereocenters. The number of carboxylic acids is 1. The minimum atomic E-state index is -1.75. The molecule has 0 saturated heterocycles. The highest BCUT2D eigenvalue weighted by atomic mass is 19.1. The first kappa shape index (κ1) is 9.37. The molecule has 0 aromatic rings. The van der Waals surface area contributed by atoms with E-state index in [0.29, 0.717) is 0 Å². The van der Waals surface area contributed by atoms with E-state index in [1.54, 1.807) is 0 Å². The van der Waals surface area contributed by atoms with E-state index in [2.05, 4.69) is 0 Å². The molecule has 0 radical (unpaired) electrons. The zero-order valence-corrected chi connectivity index (χ0v) is 6.38. The maximum absolute atomic E-state index is 12.8. The Labute approximate surface area is 72.3 Å². The molecule has 6 heteroatoms. The van der Waals surface area contributed by atoms with Crippen LogP contribution in [0.25, 0.3) is 0 Å². The number of hydrogen-bond donors (Lipinski definition) is 1. The van der Waals surface area contributed by atoms with Crippen LogP contribution in [0.5, 0.6) is 0 Å². The van der Waals surface area contributed by atoms with E-state index in [-0.39, 0.29) is 5.57 Å². The van der Waals surface area contributed by atoms with Crippen molar-refractivity contribution in [1.82, 2.24) is 0 Å². The second kappa shape index (κ2) is 3.34. The Bertz CT molecular complexity index is 310. The van der Waals surface area contributed by atoms with Crippen molar-refractivity contribution in [3.05, 3.63) is 33.9 Å². The van der Waals surface area contributed by atoms with Crippen molar-refractivity contribution in [3.8, 4) is 0 Å². The first-order valence-corrected chi connectivity index (χ1v) is 3.43. The monoisotopic (exact) mass is 187 g/mol. The van der Waals surface area contributed by atoms with E-state index in [9.17, 15) is 19.3 Å². The summed E-state index contributed by atoms with van der Waals surface area (Å²) in [6.07, 6.45) is 0.940. The van der Waals surface area contributed by atoms with Gasteiger partial charge in [0.25, 0.3) is 6.04 Å². The van der Waals surface area contributed by atoms with Gasteiger partial charge in [-0.1, -0.05) is 0 Å². The molecule has 0 spiro atoms. The quantitative estimate of drug-likeness (QED) is 0.505. The second-order valence-electron chi connectivity index (χ2n) is 2.51. The summed E-state index contributed by atoms with van der Waals surface area (Å²) in [6, 6.07) is -1.59. The molecule has 0 aromatic carbocycles. The molecule has 0 aromatic heterocycles. The minimum Gasteiger partial charge on any atom is -0.478 e. The first-order valence-electron chi connectivity index (χ1n) is 3.43. The van der Waals surface area contributed by atoms with Crippen molar-refractivity contribution in [2.75, 3.05) is 0 Å². The fraction of sp³-hybridized carbons (Fsp3) is 0.286. The summed E-state index contributed by atoms with van der Waals surface area (Å²) in [4.78, 5) is 19.7. The molecule has 1 aliphatic carbocycles. The fourth-order valence-corrected chi connectivity index (χ4v) is 0.961. The lowest BCUT2D eigenvalue weighted by Crippen LogP contribution is -2.30. The topological polar surface area (TPSA) is 80.4 Å². The van der Waals surface area contributed by atoms with Crippen LogP contribution in [0, 0.1) is 10.1 Å². The van der Waals surface area contributed by atoms with Gasteiger partial charge in [-0.2, -0.15) is 0 Å². The highest BCUT2D eigenvalue weighted by molar-refractivity contribution is 5.90. The van der Waals surface area contributed by atoms with E-state index < -0.39 is 23.1 Å². The summed E-state index contributed by atoms with van der Waals surface area (Å²) < 4.78 is 12.8. The fourth-order valence-electron chi connectivity index (χ4n) is 0.961. The van der Waals surface area contributed by atoms with E-state index in [0.717, 1.165) is 18.2 Å². The molecule has 1 rings (SSSR count). The van der Waals surface area contributed by atoms with Gasteiger partial charge >= 0.3 is 5.97 Å². The Balaban J connectivity index is 2.93. The van der Waals surface area contributed by atoms with Crippen molar-refractivity contribution < 1.29 is 19.2 Å². The van der Waals surface area contributed by atoms with Crippen LogP contribution < -0.4 is 0 Å². The Kier molecular flexibility index (Phi) is 2.41. The molecule has 0 heterocycles. The largest absolute Gasteiger partial charge is 0.478 e. The molecule has 0 amide bonds.